The number of benzene rings is 3. The van der Waals surface area contributed by atoms with Gasteiger partial charge < -0.3 is 20.3 Å². The van der Waals surface area contributed by atoms with Crippen molar-refractivity contribution in [3.8, 4) is 5.69 Å². The lowest BCUT2D eigenvalue weighted by atomic mass is 9.89. The molecule has 3 heterocycles. The lowest BCUT2D eigenvalue weighted by molar-refractivity contribution is -0.273. The highest BCUT2D eigenvalue weighted by atomic mass is 35.5. The van der Waals surface area contributed by atoms with E-state index in [1.165, 1.54) is 13.1 Å². The number of rotatable bonds is 7. The van der Waals surface area contributed by atoms with Crippen LogP contribution >= 0.6 is 11.6 Å². The summed E-state index contributed by atoms with van der Waals surface area (Å²) in [5.41, 5.74) is 5.78. The van der Waals surface area contributed by atoms with Crippen LogP contribution in [0, 0.1) is 24.4 Å². The fraction of sp³-hybridized carbons (Fsp3) is 0.281. The lowest BCUT2D eigenvalue weighted by Gasteiger charge is -2.48. The SMILES string of the molecule is Cc1nc(C2OC3COC3C(N=CC(=C(N)Cc3ccccc3)c3cc(F)c(F)c(F)c3)C2O)n(-c2cc(Cl)ccc2C(F)(F)F)n1. The maximum absolute atomic E-state index is 14.3. The van der Waals surface area contributed by atoms with Gasteiger partial charge in [-0.05, 0) is 48.4 Å². The summed E-state index contributed by atoms with van der Waals surface area (Å²) in [6, 6.07) is 12.4. The summed E-state index contributed by atoms with van der Waals surface area (Å²) >= 11 is 6.06. The van der Waals surface area contributed by atoms with Crippen molar-refractivity contribution in [3.05, 3.63) is 117 Å². The van der Waals surface area contributed by atoms with E-state index < -0.39 is 65.3 Å². The van der Waals surface area contributed by atoms with Crippen molar-refractivity contribution < 1.29 is 40.9 Å². The molecule has 15 heteroatoms. The number of aliphatic imine (C=N–C) groups is 1. The van der Waals surface area contributed by atoms with Crippen LogP contribution in [0.15, 0.2) is 71.4 Å². The van der Waals surface area contributed by atoms with Gasteiger partial charge in [-0.2, -0.15) is 18.3 Å². The minimum Gasteiger partial charge on any atom is -0.401 e. The molecule has 0 bridgehead atoms. The van der Waals surface area contributed by atoms with Crippen LogP contribution in [-0.2, 0) is 22.1 Å². The molecule has 4 aromatic rings. The fourth-order valence-electron chi connectivity index (χ4n) is 5.59. The standard InChI is InChI=1S/C32H26ClF6N5O3/c1-15-42-31(44(43-15)24-12-18(33)7-8-20(24)32(37,38)39)30-28(45)27(29-25(47-30)14-46-29)41-13-19(17-10-21(34)26(36)22(35)11-17)23(40)9-16-5-3-2-4-6-16/h2-8,10-13,25,27-30,45H,9,14,40H2,1H3. The Morgan fingerprint density at radius 1 is 1.11 bits per heavy atom. The third-order valence-electron chi connectivity index (χ3n) is 7.88. The van der Waals surface area contributed by atoms with Crippen LogP contribution in [0.1, 0.15) is 34.4 Å². The van der Waals surface area contributed by atoms with Crippen molar-refractivity contribution >= 4 is 23.4 Å². The molecule has 0 saturated carbocycles. The molecule has 5 unspecified atom stereocenters. The Morgan fingerprint density at radius 2 is 1.81 bits per heavy atom. The number of nitrogens with two attached hydrogens (primary N) is 1. The van der Waals surface area contributed by atoms with E-state index in [2.05, 4.69) is 15.1 Å². The van der Waals surface area contributed by atoms with Crippen molar-refractivity contribution in [2.24, 2.45) is 10.7 Å². The number of halogens is 7. The monoisotopic (exact) mass is 677 g/mol. The first-order valence-corrected chi connectivity index (χ1v) is 14.7. The van der Waals surface area contributed by atoms with Gasteiger partial charge in [0.15, 0.2) is 23.3 Å². The van der Waals surface area contributed by atoms with Crippen LogP contribution in [0.5, 0.6) is 0 Å². The van der Waals surface area contributed by atoms with Gasteiger partial charge >= 0.3 is 6.18 Å². The predicted molar refractivity (Wildman–Crippen MR) is 159 cm³/mol. The third-order valence-corrected chi connectivity index (χ3v) is 8.11. The largest absolute Gasteiger partial charge is 0.418 e. The van der Waals surface area contributed by atoms with Gasteiger partial charge in [0.2, 0.25) is 0 Å². The smallest absolute Gasteiger partial charge is 0.401 e. The number of fused-ring (bicyclic) bond motifs is 1. The van der Waals surface area contributed by atoms with E-state index in [0.717, 1.165) is 40.6 Å². The highest BCUT2D eigenvalue weighted by molar-refractivity contribution is 6.30. The number of aryl methyl sites for hydroxylation is 1. The summed E-state index contributed by atoms with van der Waals surface area (Å²) in [5, 5.41) is 15.7. The summed E-state index contributed by atoms with van der Waals surface area (Å²) in [4.78, 5) is 8.80. The van der Waals surface area contributed by atoms with Crippen LogP contribution in [0.4, 0.5) is 26.3 Å². The normalized spacial score (nSPS) is 23.4. The molecule has 5 atom stereocenters. The molecule has 2 aliphatic rings. The number of aromatic nitrogens is 3. The Hall–Kier alpha value is -4.24. The number of allylic oxidation sites excluding steroid dienone is 2. The first kappa shape index (κ1) is 32.7. The molecule has 3 aromatic carbocycles. The second-order valence-corrected chi connectivity index (χ2v) is 11.5. The number of aliphatic hydroxyl groups excluding tert-OH is 1. The number of ether oxygens (including phenoxy) is 2. The van der Waals surface area contributed by atoms with E-state index >= 15 is 0 Å². The van der Waals surface area contributed by atoms with Gasteiger partial charge in [-0.25, -0.2) is 22.8 Å². The molecule has 0 amide bonds. The molecule has 8 nitrogen and oxygen atoms in total. The van der Waals surface area contributed by atoms with Crippen LogP contribution < -0.4 is 5.73 Å². The maximum Gasteiger partial charge on any atom is 0.418 e. The Kier molecular flexibility index (Phi) is 8.87. The van der Waals surface area contributed by atoms with E-state index in [9.17, 15) is 31.4 Å². The van der Waals surface area contributed by atoms with Crippen LogP contribution in [0.3, 0.4) is 0 Å². The van der Waals surface area contributed by atoms with E-state index in [4.69, 9.17) is 26.8 Å². The summed E-state index contributed by atoms with van der Waals surface area (Å²) < 4.78 is 97.1. The van der Waals surface area contributed by atoms with Crippen molar-refractivity contribution in [3.63, 3.8) is 0 Å². The fourth-order valence-corrected chi connectivity index (χ4v) is 5.75. The molecule has 0 spiro atoms. The molecule has 0 aliphatic carbocycles. The first-order valence-electron chi connectivity index (χ1n) is 14.3. The second-order valence-electron chi connectivity index (χ2n) is 11.1. The molecular formula is C32H26ClF6N5O3. The van der Waals surface area contributed by atoms with Crippen molar-refractivity contribution in [1.82, 2.24) is 14.8 Å². The molecule has 6 rings (SSSR count). The van der Waals surface area contributed by atoms with Crippen LogP contribution in [-0.4, -0.2) is 57.0 Å². The predicted octanol–water partition coefficient (Wildman–Crippen LogP) is 5.92. The van der Waals surface area contributed by atoms with Gasteiger partial charge in [-0.15, -0.1) is 0 Å². The molecule has 0 radical (unpaired) electrons. The zero-order valence-electron chi connectivity index (χ0n) is 24.4. The van der Waals surface area contributed by atoms with Gasteiger partial charge in [-0.3, -0.25) is 4.99 Å². The Bertz CT molecular complexity index is 1840. The van der Waals surface area contributed by atoms with Crippen molar-refractivity contribution in [2.75, 3.05) is 6.61 Å². The number of hydrogen-bond acceptors (Lipinski definition) is 7. The molecule has 2 aliphatic heterocycles. The molecule has 2 saturated heterocycles. The third kappa shape index (κ3) is 6.50. The Morgan fingerprint density at radius 3 is 2.45 bits per heavy atom. The Labute approximate surface area is 269 Å². The topological polar surface area (TPSA) is 108 Å². The summed E-state index contributed by atoms with van der Waals surface area (Å²) in [6.07, 6.45) is -7.76. The minimum absolute atomic E-state index is 0.00761. The van der Waals surface area contributed by atoms with Crippen LogP contribution in [0.25, 0.3) is 11.3 Å². The quantitative estimate of drug-likeness (QED) is 0.143. The zero-order valence-corrected chi connectivity index (χ0v) is 25.2. The van der Waals surface area contributed by atoms with Crippen molar-refractivity contribution in [1.29, 1.82) is 0 Å². The average Bonchev–Trinajstić information content (AvgIpc) is 3.39. The van der Waals surface area contributed by atoms with E-state index in [1.54, 1.807) is 30.3 Å². The minimum atomic E-state index is -4.77. The highest BCUT2D eigenvalue weighted by Crippen LogP contribution is 2.41. The van der Waals surface area contributed by atoms with E-state index in [0.29, 0.717) is 0 Å². The number of nitrogens with zero attached hydrogens (tertiary/aromatic N) is 4. The number of alkyl halides is 3. The van der Waals surface area contributed by atoms with Crippen LogP contribution in [0.2, 0.25) is 5.02 Å². The second kappa shape index (κ2) is 12.8. The molecule has 1 aromatic heterocycles. The van der Waals surface area contributed by atoms with Gasteiger partial charge in [0.05, 0.1) is 17.9 Å². The molecule has 47 heavy (non-hydrogen) atoms. The molecule has 246 valence electrons. The zero-order chi connectivity index (χ0) is 33.6. The van der Waals surface area contributed by atoms with Gasteiger partial charge in [0.1, 0.15) is 36.3 Å². The Balaban J connectivity index is 1.40. The number of hydrogen-bond donors (Lipinski definition) is 2. The highest BCUT2D eigenvalue weighted by Gasteiger charge is 2.53. The number of aliphatic hydroxyl groups is 1. The summed E-state index contributed by atoms with van der Waals surface area (Å²) in [7, 11) is 0. The average molecular weight is 678 g/mol. The van der Waals surface area contributed by atoms with Gasteiger partial charge in [-0.1, -0.05) is 41.9 Å². The van der Waals surface area contributed by atoms with Crippen molar-refractivity contribution in [2.45, 2.75) is 50.0 Å². The van der Waals surface area contributed by atoms with E-state index in [-0.39, 0.29) is 46.5 Å². The van der Waals surface area contributed by atoms with E-state index in [1.807, 2.05) is 0 Å². The summed E-state index contributed by atoms with van der Waals surface area (Å²) in [5.74, 6) is -4.60. The lowest BCUT2D eigenvalue weighted by Crippen LogP contribution is -2.62. The molecule has 3 N–H and O–H groups in total. The molecule has 2 fully saturated rings. The molecular weight excluding hydrogens is 652 g/mol. The van der Waals surface area contributed by atoms with Gasteiger partial charge in [0.25, 0.3) is 0 Å². The summed E-state index contributed by atoms with van der Waals surface area (Å²) in [6.45, 7) is 1.55. The maximum atomic E-state index is 14.3. The first-order chi connectivity index (χ1) is 22.3. The van der Waals surface area contributed by atoms with Gasteiger partial charge in [0, 0.05) is 28.9 Å².